The normalized spacial score (nSPS) is 13.9. The number of ether oxygens (including phenoxy) is 1. The molecule has 0 heterocycles. The molecule has 0 fully saturated rings. The predicted octanol–water partition coefficient (Wildman–Crippen LogP) is 1.22. The van der Waals surface area contributed by atoms with E-state index in [2.05, 4.69) is 16.7 Å². The molecular formula is C22H38N3O5+. The molecule has 8 nitrogen and oxygen atoms in total. The van der Waals surface area contributed by atoms with Crippen molar-refractivity contribution in [3.05, 3.63) is 0 Å². The number of Topliss-reactive ketones (excluding diaryl/α,β-unsaturated/α-hetero) is 2. The van der Waals surface area contributed by atoms with Crippen molar-refractivity contribution in [2.75, 3.05) is 6.61 Å². The highest BCUT2D eigenvalue weighted by Crippen LogP contribution is 2.19. The highest BCUT2D eigenvalue weighted by molar-refractivity contribution is 6.27. The van der Waals surface area contributed by atoms with Gasteiger partial charge in [-0.15, -0.1) is 4.67 Å². The average molecular weight is 425 g/mol. The maximum atomic E-state index is 12.9. The minimum Gasteiger partial charge on any atom is -0.464 e. The van der Waals surface area contributed by atoms with Crippen molar-refractivity contribution in [2.45, 2.75) is 78.8 Å². The van der Waals surface area contributed by atoms with Crippen LogP contribution in [0.3, 0.4) is 0 Å². The first-order chi connectivity index (χ1) is 14.0. The average Bonchev–Trinajstić information content (AvgIpc) is 2.63. The maximum Gasteiger partial charge on any atom is 0.334 e. The highest BCUT2D eigenvalue weighted by atomic mass is 16.5. The van der Waals surface area contributed by atoms with E-state index in [-0.39, 0.29) is 49.3 Å². The van der Waals surface area contributed by atoms with Gasteiger partial charge in [0.2, 0.25) is 11.7 Å². The van der Waals surface area contributed by atoms with Crippen LogP contribution < -0.4 is 15.7 Å². The van der Waals surface area contributed by atoms with Crippen molar-refractivity contribution in [3.63, 3.8) is 0 Å². The quantitative estimate of drug-likeness (QED) is 0.231. The van der Waals surface area contributed by atoms with Crippen molar-refractivity contribution < 1.29 is 23.9 Å². The standard InChI is InChI=1S/C22H37N3O5/c1-7-30-22(29)19(9-8-17(26)13-24-6)25-21(28)16(10-14(2)3)12-20(27)18(23)11-15(4)5/h13-16,18-19H,6-12,23H2,1-5H3/p+1/t16-,18+,19+/m1/s1. The molecule has 3 atom stereocenters. The number of esters is 1. The molecule has 0 aliphatic carbocycles. The molecule has 0 aromatic carbocycles. The fourth-order valence-corrected chi connectivity index (χ4v) is 3.12. The summed E-state index contributed by atoms with van der Waals surface area (Å²) in [5.41, 5.74) is 5.99. The van der Waals surface area contributed by atoms with Crippen LogP contribution >= 0.6 is 0 Å². The number of hydrogen-bond acceptors (Lipinski definition) is 6. The third-order valence-electron chi connectivity index (χ3n) is 4.52. The summed E-state index contributed by atoms with van der Waals surface area (Å²) < 4.78 is 8.43. The fourth-order valence-electron chi connectivity index (χ4n) is 3.12. The van der Waals surface area contributed by atoms with Crippen molar-refractivity contribution in [1.29, 1.82) is 0 Å². The van der Waals surface area contributed by atoms with Crippen LogP contribution in [0.5, 0.6) is 0 Å². The minimum absolute atomic E-state index is 0.00974. The Balaban J connectivity index is 5.29. The van der Waals surface area contributed by atoms with Crippen LogP contribution in [0, 0.1) is 17.8 Å². The summed E-state index contributed by atoms with van der Waals surface area (Å²) in [6.07, 6.45) is 2.20. The second kappa shape index (κ2) is 14.6. The molecule has 0 aromatic rings. The molecular weight excluding hydrogens is 386 g/mol. The van der Waals surface area contributed by atoms with Crippen LogP contribution in [-0.4, -0.2) is 55.1 Å². The van der Waals surface area contributed by atoms with E-state index in [1.165, 1.54) is 0 Å². The molecule has 0 aliphatic rings. The van der Waals surface area contributed by atoms with Gasteiger partial charge in [0.15, 0.2) is 0 Å². The molecule has 30 heavy (non-hydrogen) atoms. The molecule has 0 rings (SSSR count). The van der Waals surface area contributed by atoms with Crippen molar-refractivity contribution >= 4 is 36.4 Å². The first kappa shape index (κ1) is 27.7. The summed E-state index contributed by atoms with van der Waals surface area (Å²) in [5.74, 6) is -1.66. The van der Waals surface area contributed by atoms with Crippen LogP contribution in [0.25, 0.3) is 0 Å². The Morgan fingerprint density at radius 2 is 1.70 bits per heavy atom. The Morgan fingerprint density at radius 1 is 1.10 bits per heavy atom. The molecule has 0 aromatic heterocycles. The summed E-state index contributed by atoms with van der Waals surface area (Å²) in [6.45, 7) is 12.9. The van der Waals surface area contributed by atoms with Gasteiger partial charge in [0.25, 0.3) is 6.72 Å². The van der Waals surface area contributed by atoms with E-state index in [9.17, 15) is 19.2 Å². The molecule has 0 bridgehead atoms. The van der Waals surface area contributed by atoms with E-state index in [0.29, 0.717) is 12.8 Å². The highest BCUT2D eigenvalue weighted by Gasteiger charge is 2.30. The fraction of sp³-hybridized carbons (Fsp3) is 0.727. The number of hydrogen-bond donors (Lipinski definition) is 2. The van der Waals surface area contributed by atoms with Crippen molar-refractivity contribution in [1.82, 2.24) is 9.98 Å². The summed E-state index contributed by atoms with van der Waals surface area (Å²) in [7, 11) is 0. The van der Waals surface area contributed by atoms with E-state index in [0.717, 1.165) is 6.21 Å². The third-order valence-corrected chi connectivity index (χ3v) is 4.52. The Morgan fingerprint density at radius 3 is 2.20 bits per heavy atom. The van der Waals surface area contributed by atoms with Gasteiger partial charge in [0.1, 0.15) is 11.8 Å². The number of nitrogens with two attached hydrogens (primary N) is 1. The van der Waals surface area contributed by atoms with Gasteiger partial charge in [-0.1, -0.05) is 27.7 Å². The van der Waals surface area contributed by atoms with E-state index < -0.39 is 29.9 Å². The van der Waals surface area contributed by atoms with E-state index >= 15 is 0 Å². The first-order valence-corrected chi connectivity index (χ1v) is 10.6. The molecule has 3 N–H and O–H groups in total. The van der Waals surface area contributed by atoms with Crippen molar-refractivity contribution in [2.24, 2.45) is 23.5 Å². The van der Waals surface area contributed by atoms with Gasteiger partial charge in [0, 0.05) is 18.8 Å². The Kier molecular flexibility index (Phi) is 13.5. The number of carbonyl (C=O) groups excluding carboxylic acids is 4. The molecule has 0 spiro atoms. The number of amides is 1. The third kappa shape index (κ3) is 11.6. The second-order valence-corrected chi connectivity index (χ2v) is 8.36. The van der Waals surface area contributed by atoms with Gasteiger partial charge >= 0.3 is 12.2 Å². The van der Waals surface area contributed by atoms with Gasteiger partial charge < -0.3 is 15.8 Å². The molecule has 0 aliphatic heterocycles. The molecule has 8 heteroatoms. The van der Waals surface area contributed by atoms with Crippen LogP contribution in [0.15, 0.2) is 0 Å². The van der Waals surface area contributed by atoms with Crippen LogP contribution in [-0.2, 0) is 23.9 Å². The van der Waals surface area contributed by atoms with E-state index in [1.807, 2.05) is 27.7 Å². The minimum atomic E-state index is -0.978. The second-order valence-electron chi connectivity index (χ2n) is 8.36. The summed E-state index contributed by atoms with van der Waals surface area (Å²) in [4.78, 5) is 49.4. The smallest absolute Gasteiger partial charge is 0.334 e. The lowest BCUT2D eigenvalue weighted by Gasteiger charge is -2.23. The monoisotopic (exact) mass is 424 g/mol. The number of nitrogens with one attached hydrogen (secondary N) is 1. The lowest BCUT2D eigenvalue weighted by molar-refractivity contribution is -0.148. The number of rotatable bonds is 15. The summed E-state index contributed by atoms with van der Waals surface area (Å²) in [6, 6.07) is -1.60. The SMILES string of the molecule is C=[N+]=CC(=O)CC[C@H](NC(=O)[C@@H](CC(=O)[C@@H](N)CC(C)C)CC(C)C)C(=O)OCC. The molecule has 0 saturated carbocycles. The lowest BCUT2D eigenvalue weighted by Crippen LogP contribution is -2.46. The van der Waals surface area contributed by atoms with E-state index in [1.54, 1.807) is 6.92 Å². The molecule has 0 unspecified atom stereocenters. The topological polar surface area (TPSA) is 130 Å². The summed E-state index contributed by atoms with van der Waals surface area (Å²) in [5, 5.41) is 2.67. The Bertz CT molecular complexity index is 639. The van der Waals surface area contributed by atoms with Gasteiger partial charge in [-0.05, 0) is 38.0 Å². The number of ketones is 2. The number of carbonyl (C=O) groups is 4. The Labute approximate surface area is 179 Å². The van der Waals surface area contributed by atoms with Gasteiger partial charge in [-0.2, -0.15) is 0 Å². The van der Waals surface area contributed by atoms with Gasteiger partial charge in [-0.3, -0.25) is 14.4 Å². The van der Waals surface area contributed by atoms with Crippen LogP contribution in [0.4, 0.5) is 0 Å². The maximum absolute atomic E-state index is 12.9. The molecule has 0 saturated heterocycles. The lowest BCUT2D eigenvalue weighted by atomic mass is 9.88. The molecule has 1 amide bonds. The summed E-state index contributed by atoms with van der Waals surface area (Å²) >= 11 is 0. The largest absolute Gasteiger partial charge is 0.464 e. The Hall–Kier alpha value is -2.31. The zero-order chi connectivity index (χ0) is 23.3. The van der Waals surface area contributed by atoms with Crippen molar-refractivity contribution in [3.8, 4) is 0 Å². The zero-order valence-corrected chi connectivity index (χ0v) is 19.0. The molecule has 170 valence electrons. The predicted molar refractivity (Wildman–Crippen MR) is 118 cm³/mol. The first-order valence-electron chi connectivity index (χ1n) is 10.6. The van der Waals surface area contributed by atoms with Crippen LogP contribution in [0.2, 0.25) is 0 Å². The van der Waals surface area contributed by atoms with Crippen LogP contribution in [0.1, 0.15) is 66.7 Å². The number of nitrogens with zero attached hydrogens (tertiary/aromatic N) is 1. The van der Waals surface area contributed by atoms with Gasteiger partial charge in [0.05, 0.1) is 12.6 Å². The zero-order valence-electron chi connectivity index (χ0n) is 19.0. The van der Waals surface area contributed by atoms with E-state index in [4.69, 9.17) is 10.5 Å². The molecule has 0 radical (unpaired) electrons. The van der Waals surface area contributed by atoms with Gasteiger partial charge in [-0.25, -0.2) is 4.79 Å².